The van der Waals surface area contributed by atoms with Gasteiger partial charge in [-0.25, -0.2) is 0 Å². The quantitative estimate of drug-likeness (QED) is 0.463. The van der Waals surface area contributed by atoms with Crippen molar-refractivity contribution >= 4 is 17.6 Å². The van der Waals surface area contributed by atoms with Crippen LogP contribution < -0.4 is 0 Å². The molecule has 0 spiro atoms. The molecule has 1 amide bonds. The first kappa shape index (κ1) is 14.6. The molecule has 0 saturated carbocycles. The van der Waals surface area contributed by atoms with Crippen molar-refractivity contribution in [1.82, 2.24) is 4.90 Å². The number of carbonyl (C=O) groups excluding carboxylic acids is 2. The van der Waals surface area contributed by atoms with Gasteiger partial charge < -0.3 is 9.64 Å². The van der Waals surface area contributed by atoms with Gasteiger partial charge in [-0.2, -0.15) is 0 Å². The van der Waals surface area contributed by atoms with E-state index in [2.05, 4.69) is 4.74 Å². The maximum Gasteiger partial charge on any atom is 0.325 e. The number of benzene rings is 1. The van der Waals surface area contributed by atoms with Crippen molar-refractivity contribution < 1.29 is 19.2 Å². The van der Waals surface area contributed by atoms with Gasteiger partial charge in [0.25, 0.3) is 11.6 Å². The zero-order chi connectivity index (χ0) is 14.6. The highest BCUT2D eigenvalue weighted by molar-refractivity contribution is 5.96. The number of aryl methyl sites for hydroxylation is 1. The number of rotatable bonds is 4. The summed E-state index contributed by atoms with van der Waals surface area (Å²) >= 11 is 0. The summed E-state index contributed by atoms with van der Waals surface area (Å²) in [7, 11) is 2.64. The first-order chi connectivity index (χ1) is 8.86. The summed E-state index contributed by atoms with van der Waals surface area (Å²) in [5, 5.41) is 10.8. The topological polar surface area (TPSA) is 89.8 Å². The molecule has 0 saturated heterocycles. The van der Waals surface area contributed by atoms with E-state index in [0.29, 0.717) is 5.56 Å². The molecular formula is C12H14N2O5. The van der Waals surface area contributed by atoms with E-state index in [1.54, 1.807) is 6.92 Å². The van der Waals surface area contributed by atoms with E-state index in [1.165, 1.54) is 32.4 Å². The lowest BCUT2D eigenvalue weighted by Gasteiger charge is -2.15. The minimum atomic E-state index is -0.558. The maximum atomic E-state index is 12.0. The lowest BCUT2D eigenvalue weighted by atomic mass is 10.1. The number of nitro groups is 1. The molecule has 0 atom stereocenters. The second kappa shape index (κ2) is 5.94. The van der Waals surface area contributed by atoms with Crippen LogP contribution in [0.25, 0.3) is 0 Å². The van der Waals surface area contributed by atoms with Gasteiger partial charge in [-0.1, -0.05) is 6.07 Å². The average Bonchev–Trinajstić information content (AvgIpc) is 2.37. The Labute approximate surface area is 109 Å². The van der Waals surface area contributed by atoms with Crippen LogP contribution in [0.1, 0.15) is 15.9 Å². The summed E-state index contributed by atoms with van der Waals surface area (Å²) in [5.41, 5.74) is 0.498. The van der Waals surface area contributed by atoms with Crippen molar-refractivity contribution in [2.24, 2.45) is 0 Å². The number of amides is 1. The maximum absolute atomic E-state index is 12.0. The molecule has 0 unspecified atom stereocenters. The average molecular weight is 266 g/mol. The Hall–Kier alpha value is -2.44. The molecule has 1 rings (SSSR count). The molecule has 0 heterocycles. The zero-order valence-corrected chi connectivity index (χ0v) is 10.9. The van der Waals surface area contributed by atoms with Crippen LogP contribution in [0.2, 0.25) is 0 Å². The van der Waals surface area contributed by atoms with E-state index >= 15 is 0 Å². The van der Waals surface area contributed by atoms with Crippen molar-refractivity contribution in [3.05, 3.63) is 39.4 Å². The first-order valence-corrected chi connectivity index (χ1v) is 5.44. The van der Waals surface area contributed by atoms with Crippen molar-refractivity contribution in [2.45, 2.75) is 6.92 Å². The van der Waals surface area contributed by atoms with Gasteiger partial charge in [0, 0.05) is 24.2 Å². The number of nitro benzene ring substituents is 1. The number of esters is 1. The van der Waals surface area contributed by atoms with Gasteiger partial charge in [-0.15, -0.1) is 0 Å². The Morgan fingerprint density at radius 3 is 2.58 bits per heavy atom. The third-order valence-corrected chi connectivity index (χ3v) is 2.59. The third-order valence-electron chi connectivity index (χ3n) is 2.59. The molecule has 0 aliphatic rings. The molecule has 0 N–H and O–H groups in total. The van der Waals surface area contributed by atoms with Gasteiger partial charge in [0.05, 0.1) is 12.0 Å². The van der Waals surface area contributed by atoms with E-state index in [1.807, 2.05) is 0 Å². The molecule has 0 radical (unpaired) electrons. The van der Waals surface area contributed by atoms with Gasteiger partial charge in [0.2, 0.25) is 0 Å². The second-order valence-corrected chi connectivity index (χ2v) is 4.00. The number of carbonyl (C=O) groups is 2. The molecular weight excluding hydrogens is 252 g/mol. The predicted octanol–water partition coefficient (Wildman–Crippen LogP) is 1.15. The van der Waals surface area contributed by atoms with Crippen molar-refractivity contribution in [3.63, 3.8) is 0 Å². The number of likely N-dealkylation sites (N-methyl/N-ethyl adjacent to an activating group) is 1. The summed E-state index contributed by atoms with van der Waals surface area (Å²) in [5.74, 6) is -1.04. The summed E-state index contributed by atoms with van der Waals surface area (Å²) in [6, 6.07) is 4.18. The normalized spacial score (nSPS) is 9.84. The van der Waals surface area contributed by atoms with E-state index in [9.17, 15) is 19.7 Å². The monoisotopic (exact) mass is 266 g/mol. The van der Waals surface area contributed by atoms with Gasteiger partial charge in [-0.05, 0) is 13.0 Å². The molecule has 0 aliphatic carbocycles. The molecule has 19 heavy (non-hydrogen) atoms. The Balaban J connectivity index is 2.97. The molecule has 0 bridgehead atoms. The van der Waals surface area contributed by atoms with Crippen molar-refractivity contribution in [3.8, 4) is 0 Å². The standard InChI is InChI=1S/C12H14N2O5/c1-8-4-5-9(6-10(8)14(17)18)12(16)13(2)7-11(15)19-3/h4-6H,7H2,1-3H3. The summed E-state index contributed by atoms with van der Waals surface area (Å²) in [6.45, 7) is 1.38. The second-order valence-electron chi connectivity index (χ2n) is 4.00. The Bertz CT molecular complexity index is 527. The lowest BCUT2D eigenvalue weighted by Crippen LogP contribution is -2.32. The predicted molar refractivity (Wildman–Crippen MR) is 66.8 cm³/mol. The number of methoxy groups -OCH3 is 1. The van der Waals surface area contributed by atoms with Crippen LogP contribution >= 0.6 is 0 Å². The molecule has 1 aromatic rings. The van der Waals surface area contributed by atoms with E-state index < -0.39 is 16.8 Å². The van der Waals surface area contributed by atoms with Crippen LogP contribution in [0.3, 0.4) is 0 Å². The Morgan fingerprint density at radius 1 is 1.42 bits per heavy atom. The van der Waals surface area contributed by atoms with Crippen LogP contribution in [0.15, 0.2) is 18.2 Å². The molecule has 0 fully saturated rings. The van der Waals surface area contributed by atoms with Crippen LogP contribution in [0.4, 0.5) is 5.69 Å². The zero-order valence-electron chi connectivity index (χ0n) is 10.9. The van der Waals surface area contributed by atoms with Gasteiger partial charge in [0.15, 0.2) is 0 Å². The number of hydrogen-bond acceptors (Lipinski definition) is 5. The molecule has 102 valence electrons. The SMILES string of the molecule is COC(=O)CN(C)C(=O)c1ccc(C)c([N+](=O)[O-])c1. The summed E-state index contributed by atoms with van der Waals surface area (Å²) < 4.78 is 4.45. The summed E-state index contributed by atoms with van der Waals surface area (Å²) in [6.07, 6.45) is 0. The van der Waals surface area contributed by atoms with Crippen LogP contribution in [0, 0.1) is 17.0 Å². The number of ether oxygens (including phenoxy) is 1. The van der Waals surface area contributed by atoms with Gasteiger partial charge >= 0.3 is 5.97 Å². The van der Waals surface area contributed by atoms with E-state index in [-0.39, 0.29) is 17.8 Å². The van der Waals surface area contributed by atoms with Crippen molar-refractivity contribution in [2.75, 3.05) is 20.7 Å². The number of nitrogens with zero attached hydrogens (tertiary/aromatic N) is 2. The van der Waals surface area contributed by atoms with Crippen LogP contribution in [-0.2, 0) is 9.53 Å². The molecule has 1 aromatic carbocycles. The molecule has 7 heteroatoms. The Kier molecular flexibility index (Phi) is 4.57. The van der Waals surface area contributed by atoms with E-state index in [4.69, 9.17) is 0 Å². The minimum Gasteiger partial charge on any atom is -0.468 e. The van der Waals surface area contributed by atoms with Crippen LogP contribution in [-0.4, -0.2) is 42.4 Å². The summed E-state index contributed by atoms with van der Waals surface area (Å²) in [4.78, 5) is 34.4. The highest BCUT2D eigenvalue weighted by Crippen LogP contribution is 2.19. The molecule has 0 aromatic heterocycles. The fraction of sp³-hybridized carbons (Fsp3) is 0.333. The van der Waals surface area contributed by atoms with Crippen molar-refractivity contribution in [1.29, 1.82) is 0 Å². The van der Waals surface area contributed by atoms with Crippen LogP contribution in [0.5, 0.6) is 0 Å². The number of hydrogen-bond donors (Lipinski definition) is 0. The van der Waals surface area contributed by atoms with Gasteiger partial charge in [0.1, 0.15) is 6.54 Å². The lowest BCUT2D eigenvalue weighted by molar-refractivity contribution is -0.385. The highest BCUT2D eigenvalue weighted by atomic mass is 16.6. The molecule has 7 nitrogen and oxygen atoms in total. The molecule has 0 aliphatic heterocycles. The fourth-order valence-electron chi connectivity index (χ4n) is 1.49. The van der Waals surface area contributed by atoms with Gasteiger partial charge in [-0.3, -0.25) is 19.7 Å². The van der Waals surface area contributed by atoms with E-state index in [0.717, 1.165) is 4.90 Å². The third kappa shape index (κ3) is 3.51. The fourth-order valence-corrected chi connectivity index (χ4v) is 1.49. The smallest absolute Gasteiger partial charge is 0.325 e. The Morgan fingerprint density at radius 2 is 2.05 bits per heavy atom. The minimum absolute atomic E-state index is 0.127. The highest BCUT2D eigenvalue weighted by Gasteiger charge is 2.19. The first-order valence-electron chi connectivity index (χ1n) is 5.44. The largest absolute Gasteiger partial charge is 0.468 e.